The fourth-order valence-corrected chi connectivity index (χ4v) is 2.09. The Morgan fingerprint density at radius 1 is 1.71 bits per heavy atom. The van der Waals surface area contributed by atoms with Crippen molar-refractivity contribution in [3.63, 3.8) is 0 Å². The van der Waals surface area contributed by atoms with E-state index in [0.717, 1.165) is 11.5 Å². The van der Waals surface area contributed by atoms with Gasteiger partial charge in [0.15, 0.2) is 0 Å². The average Bonchev–Trinajstić information content (AvgIpc) is 2.59. The van der Waals surface area contributed by atoms with Gasteiger partial charge in [-0.3, -0.25) is 0 Å². The van der Waals surface area contributed by atoms with Crippen LogP contribution in [-0.4, -0.2) is 24.1 Å². The van der Waals surface area contributed by atoms with E-state index in [2.05, 4.69) is 6.92 Å². The van der Waals surface area contributed by atoms with Crippen LogP contribution in [0.1, 0.15) is 16.6 Å². The SMILES string of the molecule is CCSCCOC(=O)c1sccc1N. The van der Waals surface area contributed by atoms with Gasteiger partial charge in [0.2, 0.25) is 0 Å². The molecule has 1 rings (SSSR count). The first-order valence-corrected chi connectivity index (χ1v) is 6.37. The minimum atomic E-state index is -0.311. The monoisotopic (exact) mass is 231 g/mol. The summed E-state index contributed by atoms with van der Waals surface area (Å²) in [5.74, 6) is 1.57. The van der Waals surface area contributed by atoms with E-state index in [0.29, 0.717) is 17.2 Å². The second-order valence-corrected chi connectivity index (χ2v) is 4.85. The quantitative estimate of drug-likeness (QED) is 0.623. The van der Waals surface area contributed by atoms with Gasteiger partial charge in [0, 0.05) is 5.75 Å². The zero-order chi connectivity index (χ0) is 10.4. The van der Waals surface area contributed by atoms with Crippen molar-refractivity contribution in [1.82, 2.24) is 0 Å². The molecule has 1 aromatic heterocycles. The Morgan fingerprint density at radius 3 is 3.07 bits per heavy atom. The van der Waals surface area contributed by atoms with Gasteiger partial charge in [-0.15, -0.1) is 11.3 Å². The van der Waals surface area contributed by atoms with E-state index in [1.165, 1.54) is 11.3 Å². The molecule has 0 fully saturated rings. The number of esters is 1. The summed E-state index contributed by atoms with van der Waals surface area (Å²) < 4.78 is 5.04. The molecule has 5 heteroatoms. The maximum absolute atomic E-state index is 11.4. The zero-order valence-electron chi connectivity index (χ0n) is 7.99. The number of hydrogen-bond donors (Lipinski definition) is 1. The molecular formula is C9H13NO2S2. The summed E-state index contributed by atoms with van der Waals surface area (Å²) in [6.07, 6.45) is 0. The number of carbonyl (C=O) groups excluding carboxylic acids is 1. The van der Waals surface area contributed by atoms with Crippen LogP contribution in [0.15, 0.2) is 11.4 Å². The Kier molecular flexibility index (Phi) is 4.82. The molecule has 0 aliphatic heterocycles. The van der Waals surface area contributed by atoms with Gasteiger partial charge in [-0.25, -0.2) is 4.79 Å². The molecule has 0 saturated heterocycles. The van der Waals surface area contributed by atoms with Crippen molar-refractivity contribution in [3.05, 3.63) is 16.3 Å². The molecule has 0 bridgehead atoms. The van der Waals surface area contributed by atoms with Gasteiger partial charge in [0.1, 0.15) is 11.5 Å². The van der Waals surface area contributed by atoms with Crippen LogP contribution < -0.4 is 5.73 Å². The molecule has 0 saturated carbocycles. The molecule has 0 aromatic carbocycles. The number of ether oxygens (including phenoxy) is 1. The van der Waals surface area contributed by atoms with Crippen LogP contribution in [0.25, 0.3) is 0 Å². The maximum Gasteiger partial charge on any atom is 0.350 e. The highest BCUT2D eigenvalue weighted by Gasteiger charge is 2.11. The summed E-state index contributed by atoms with van der Waals surface area (Å²) in [7, 11) is 0. The van der Waals surface area contributed by atoms with Crippen molar-refractivity contribution in [1.29, 1.82) is 0 Å². The second-order valence-electron chi connectivity index (χ2n) is 2.54. The van der Waals surface area contributed by atoms with Gasteiger partial charge < -0.3 is 10.5 Å². The third kappa shape index (κ3) is 3.23. The molecule has 0 unspecified atom stereocenters. The van der Waals surface area contributed by atoms with Crippen molar-refractivity contribution in [2.75, 3.05) is 23.8 Å². The lowest BCUT2D eigenvalue weighted by Crippen LogP contribution is -2.08. The molecule has 1 heterocycles. The summed E-state index contributed by atoms with van der Waals surface area (Å²) in [6, 6.07) is 1.71. The molecule has 0 aliphatic rings. The highest BCUT2D eigenvalue weighted by Crippen LogP contribution is 2.19. The zero-order valence-corrected chi connectivity index (χ0v) is 9.62. The number of carbonyl (C=O) groups is 1. The number of nitrogen functional groups attached to an aromatic ring is 1. The molecule has 0 amide bonds. The van der Waals surface area contributed by atoms with E-state index >= 15 is 0 Å². The maximum atomic E-state index is 11.4. The average molecular weight is 231 g/mol. The van der Waals surface area contributed by atoms with E-state index in [4.69, 9.17) is 10.5 Å². The summed E-state index contributed by atoms with van der Waals surface area (Å²) in [6.45, 7) is 2.53. The molecule has 0 aliphatic carbocycles. The Hall–Kier alpha value is -0.680. The molecular weight excluding hydrogens is 218 g/mol. The molecule has 3 nitrogen and oxygen atoms in total. The molecule has 0 atom stereocenters. The Labute approximate surface area is 91.6 Å². The lowest BCUT2D eigenvalue weighted by molar-refractivity contribution is 0.0537. The molecule has 0 spiro atoms. The van der Waals surface area contributed by atoms with Crippen LogP contribution in [0.2, 0.25) is 0 Å². The topological polar surface area (TPSA) is 52.3 Å². The van der Waals surface area contributed by atoms with Crippen LogP contribution in [0.5, 0.6) is 0 Å². The van der Waals surface area contributed by atoms with Crippen molar-refractivity contribution < 1.29 is 9.53 Å². The van der Waals surface area contributed by atoms with Gasteiger partial charge in [-0.2, -0.15) is 11.8 Å². The predicted octanol–water partition coefficient (Wildman–Crippen LogP) is 2.24. The van der Waals surface area contributed by atoms with E-state index in [1.807, 2.05) is 0 Å². The van der Waals surface area contributed by atoms with Crippen molar-refractivity contribution in [3.8, 4) is 0 Å². The summed E-state index contributed by atoms with van der Waals surface area (Å²) in [5.41, 5.74) is 6.08. The van der Waals surface area contributed by atoms with Gasteiger partial charge in [-0.1, -0.05) is 6.92 Å². The number of anilines is 1. The second kappa shape index (κ2) is 5.93. The van der Waals surface area contributed by atoms with Crippen LogP contribution >= 0.6 is 23.1 Å². The minimum Gasteiger partial charge on any atom is -0.461 e. The largest absolute Gasteiger partial charge is 0.461 e. The third-order valence-electron chi connectivity index (χ3n) is 1.55. The summed E-state index contributed by atoms with van der Waals surface area (Å²) in [4.78, 5) is 11.9. The number of hydrogen-bond acceptors (Lipinski definition) is 5. The number of nitrogens with two attached hydrogens (primary N) is 1. The van der Waals surface area contributed by atoms with E-state index in [9.17, 15) is 4.79 Å². The van der Waals surface area contributed by atoms with E-state index < -0.39 is 0 Å². The molecule has 2 N–H and O–H groups in total. The lowest BCUT2D eigenvalue weighted by Gasteiger charge is -2.02. The fourth-order valence-electron chi connectivity index (χ4n) is 0.888. The first kappa shape index (κ1) is 11.4. The molecule has 14 heavy (non-hydrogen) atoms. The molecule has 78 valence electrons. The predicted molar refractivity (Wildman–Crippen MR) is 62.0 cm³/mol. The van der Waals surface area contributed by atoms with Crippen LogP contribution in [0.3, 0.4) is 0 Å². The van der Waals surface area contributed by atoms with Gasteiger partial charge in [0.25, 0.3) is 0 Å². The Bertz CT molecular complexity index is 299. The first-order valence-electron chi connectivity index (χ1n) is 4.33. The Morgan fingerprint density at radius 2 is 2.50 bits per heavy atom. The molecule has 1 aromatic rings. The summed E-state index contributed by atoms with van der Waals surface area (Å²) in [5, 5.41) is 1.78. The lowest BCUT2D eigenvalue weighted by atomic mass is 10.4. The van der Waals surface area contributed by atoms with Gasteiger partial charge >= 0.3 is 5.97 Å². The van der Waals surface area contributed by atoms with Gasteiger partial charge in [-0.05, 0) is 17.2 Å². The minimum absolute atomic E-state index is 0.311. The summed E-state index contributed by atoms with van der Waals surface area (Å²) >= 11 is 3.06. The van der Waals surface area contributed by atoms with Gasteiger partial charge in [0.05, 0.1) is 5.69 Å². The van der Waals surface area contributed by atoms with Crippen molar-refractivity contribution in [2.24, 2.45) is 0 Å². The third-order valence-corrected chi connectivity index (χ3v) is 3.32. The number of thiophene rings is 1. The van der Waals surface area contributed by atoms with Crippen LogP contribution in [0.4, 0.5) is 5.69 Å². The van der Waals surface area contributed by atoms with E-state index in [-0.39, 0.29) is 5.97 Å². The first-order chi connectivity index (χ1) is 6.75. The smallest absolute Gasteiger partial charge is 0.350 e. The normalized spacial score (nSPS) is 10.1. The highest BCUT2D eigenvalue weighted by molar-refractivity contribution is 7.99. The standard InChI is InChI=1S/C9H13NO2S2/c1-2-13-6-4-12-9(11)8-7(10)3-5-14-8/h3,5H,2,4,6,10H2,1H3. The van der Waals surface area contributed by atoms with E-state index in [1.54, 1.807) is 23.2 Å². The van der Waals surface area contributed by atoms with Crippen LogP contribution in [0, 0.1) is 0 Å². The number of thioether (sulfide) groups is 1. The fraction of sp³-hybridized carbons (Fsp3) is 0.444. The number of rotatable bonds is 5. The highest BCUT2D eigenvalue weighted by atomic mass is 32.2. The Balaban J connectivity index is 2.32. The van der Waals surface area contributed by atoms with Crippen LogP contribution in [-0.2, 0) is 4.74 Å². The molecule has 0 radical (unpaired) electrons. The van der Waals surface area contributed by atoms with Crippen molar-refractivity contribution in [2.45, 2.75) is 6.92 Å². The van der Waals surface area contributed by atoms with Crippen molar-refractivity contribution >= 4 is 34.8 Å².